The molecule has 0 spiro atoms. The van der Waals surface area contributed by atoms with Crippen LogP contribution in [0.1, 0.15) is 5.56 Å². The lowest BCUT2D eigenvalue weighted by atomic mass is 10.2. The topological polar surface area (TPSA) is 87.0 Å². The van der Waals surface area contributed by atoms with Gasteiger partial charge in [-0.25, -0.2) is 4.68 Å². The third kappa shape index (κ3) is 3.33. The first kappa shape index (κ1) is 15.4. The molecule has 0 atom stereocenters. The van der Waals surface area contributed by atoms with Gasteiger partial charge in [-0.15, -0.1) is 5.10 Å². The first-order valence-corrected chi connectivity index (χ1v) is 8.28. The lowest BCUT2D eigenvalue weighted by Crippen LogP contribution is -2.11. The van der Waals surface area contributed by atoms with Crippen molar-refractivity contribution in [3.8, 4) is 11.4 Å². The van der Waals surface area contributed by atoms with E-state index in [2.05, 4.69) is 15.5 Å². The SMILES string of the molecule is Cc1cc(Cl)ccc1S(=O)(=O)Oc1ccc(-n2cnnn2)cc1. The Kier molecular flexibility index (Phi) is 4.01. The van der Waals surface area contributed by atoms with Gasteiger partial charge in [-0.05, 0) is 65.4 Å². The van der Waals surface area contributed by atoms with Crippen LogP contribution < -0.4 is 4.18 Å². The minimum atomic E-state index is -3.93. The van der Waals surface area contributed by atoms with E-state index in [1.54, 1.807) is 25.1 Å². The second kappa shape index (κ2) is 5.98. The van der Waals surface area contributed by atoms with Gasteiger partial charge in [0.15, 0.2) is 0 Å². The monoisotopic (exact) mass is 350 g/mol. The molecule has 7 nitrogen and oxygen atoms in total. The molecule has 3 rings (SSSR count). The van der Waals surface area contributed by atoms with Crippen molar-refractivity contribution in [2.75, 3.05) is 0 Å². The Balaban J connectivity index is 1.86. The van der Waals surface area contributed by atoms with E-state index in [9.17, 15) is 8.42 Å². The third-order valence-electron chi connectivity index (χ3n) is 3.06. The van der Waals surface area contributed by atoms with Crippen LogP contribution in [0.3, 0.4) is 0 Å². The average Bonchev–Trinajstić information content (AvgIpc) is 3.01. The van der Waals surface area contributed by atoms with Crippen molar-refractivity contribution in [2.45, 2.75) is 11.8 Å². The smallest absolute Gasteiger partial charge is 0.339 e. The van der Waals surface area contributed by atoms with Crippen molar-refractivity contribution in [3.05, 3.63) is 59.4 Å². The van der Waals surface area contributed by atoms with Crippen LogP contribution >= 0.6 is 11.6 Å². The average molecular weight is 351 g/mol. The van der Waals surface area contributed by atoms with E-state index in [0.29, 0.717) is 16.3 Å². The summed E-state index contributed by atoms with van der Waals surface area (Å²) >= 11 is 5.84. The summed E-state index contributed by atoms with van der Waals surface area (Å²) in [7, 11) is -3.93. The van der Waals surface area contributed by atoms with E-state index in [-0.39, 0.29) is 10.6 Å². The summed E-state index contributed by atoms with van der Waals surface area (Å²) < 4.78 is 31.3. The minimum Gasteiger partial charge on any atom is -0.379 e. The van der Waals surface area contributed by atoms with Crippen LogP contribution in [-0.2, 0) is 10.1 Å². The molecule has 0 unspecified atom stereocenters. The summed E-state index contributed by atoms with van der Waals surface area (Å²) in [5, 5.41) is 11.3. The van der Waals surface area contributed by atoms with Crippen molar-refractivity contribution in [2.24, 2.45) is 0 Å². The van der Waals surface area contributed by atoms with Crippen LogP contribution in [0.2, 0.25) is 5.02 Å². The summed E-state index contributed by atoms with van der Waals surface area (Å²) in [5.74, 6) is 0.191. The van der Waals surface area contributed by atoms with Crippen molar-refractivity contribution in [1.82, 2.24) is 20.2 Å². The zero-order valence-corrected chi connectivity index (χ0v) is 13.5. The van der Waals surface area contributed by atoms with Gasteiger partial charge in [0.1, 0.15) is 17.0 Å². The molecule has 9 heteroatoms. The highest BCUT2D eigenvalue weighted by atomic mass is 35.5. The van der Waals surface area contributed by atoms with Gasteiger partial charge < -0.3 is 4.18 Å². The molecule has 23 heavy (non-hydrogen) atoms. The fourth-order valence-electron chi connectivity index (χ4n) is 2.00. The third-order valence-corrected chi connectivity index (χ3v) is 4.71. The molecule has 1 heterocycles. The van der Waals surface area contributed by atoms with Gasteiger partial charge in [0.2, 0.25) is 0 Å². The lowest BCUT2D eigenvalue weighted by molar-refractivity contribution is 0.485. The normalized spacial score (nSPS) is 11.4. The summed E-state index contributed by atoms with van der Waals surface area (Å²) in [6.45, 7) is 1.66. The molecule has 0 bridgehead atoms. The lowest BCUT2D eigenvalue weighted by Gasteiger charge is -2.10. The molecule has 0 radical (unpaired) electrons. The Hall–Kier alpha value is -2.45. The maximum Gasteiger partial charge on any atom is 0.339 e. The zero-order chi connectivity index (χ0) is 16.4. The molecule has 0 fully saturated rings. The van der Waals surface area contributed by atoms with Crippen molar-refractivity contribution in [3.63, 3.8) is 0 Å². The molecule has 3 aromatic rings. The number of aryl methyl sites for hydroxylation is 1. The summed E-state index contributed by atoms with van der Waals surface area (Å²) in [4.78, 5) is 0.0754. The predicted molar refractivity (Wildman–Crippen MR) is 83.2 cm³/mol. The maximum atomic E-state index is 12.3. The molecule has 0 aliphatic carbocycles. The van der Waals surface area contributed by atoms with Crippen molar-refractivity contribution < 1.29 is 12.6 Å². The quantitative estimate of drug-likeness (QED) is 0.671. The van der Waals surface area contributed by atoms with E-state index in [1.165, 1.54) is 35.3 Å². The Morgan fingerprint density at radius 1 is 1.13 bits per heavy atom. The summed E-state index contributed by atoms with van der Waals surface area (Å²) in [6, 6.07) is 10.8. The Labute approximate surface area is 137 Å². The van der Waals surface area contributed by atoms with Crippen LogP contribution in [0.15, 0.2) is 53.7 Å². The molecule has 0 saturated carbocycles. The zero-order valence-electron chi connectivity index (χ0n) is 11.9. The number of tetrazole rings is 1. The predicted octanol–water partition coefficient (Wildman–Crippen LogP) is 2.39. The highest BCUT2D eigenvalue weighted by Gasteiger charge is 2.19. The first-order chi connectivity index (χ1) is 11.0. The highest BCUT2D eigenvalue weighted by molar-refractivity contribution is 7.87. The summed E-state index contributed by atoms with van der Waals surface area (Å²) in [5.41, 5.74) is 1.20. The molecule has 0 saturated heterocycles. The van der Waals surface area contributed by atoms with Crippen molar-refractivity contribution >= 4 is 21.7 Å². The number of hydrogen-bond acceptors (Lipinski definition) is 6. The highest BCUT2D eigenvalue weighted by Crippen LogP contribution is 2.24. The molecule has 0 aliphatic rings. The molecular weight excluding hydrogens is 340 g/mol. The fourth-order valence-corrected chi connectivity index (χ4v) is 3.37. The largest absolute Gasteiger partial charge is 0.379 e. The van der Waals surface area contributed by atoms with E-state index in [4.69, 9.17) is 15.8 Å². The second-order valence-electron chi connectivity index (χ2n) is 4.70. The van der Waals surface area contributed by atoms with Crippen LogP contribution in [0.4, 0.5) is 0 Å². The van der Waals surface area contributed by atoms with Crippen LogP contribution in [0.25, 0.3) is 5.69 Å². The maximum absolute atomic E-state index is 12.3. The number of aromatic nitrogens is 4. The van der Waals surface area contributed by atoms with E-state index >= 15 is 0 Å². The molecule has 0 aliphatic heterocycles. The number of nitrogens with zero attached hydrogens (tertiary/aromatic N) is 4. The Morgan fingerprint density at radius 3 is 2.48 bits per heavy atom. The Bertz CT molecular complexity index is 925. The van der Waals surface area contributed by atoms with E-state index in [0.717, 1.165) is 0 Å². The van der Waals surface area contributed by atoms with Gasteiger partial charge >= 0.3 is 10.1 Å². The molecule has 0 amide bonds. The van der Waals surface area contributed by atoms with Gasteiger partial charge in [0, 0.05) is 5.02 Å². The first-order valence-electron chi connectivity index (χ1n) is 6.50. The number of halogens is 1. The standard InChI is InChI=1S/C14H11ClN4O3S/c1-10-8-11(15)2-7-14(10)23(20,21)22-13-5-3-12(4-6-13)19-9-16-17-18-19/h2-9H,1H3. The van der Waals surface area contributed by atoms with Gasteiger partial charge in [-0.1, -0.05) is 11.6 Å². The molecule has 118 valence electrons. The molecule has 2 aromatic carbocycles. The number of rotatable bonds is 4. The van der Waals surface area contributed by atoms with Gasteiger partial charge in [-0.3, -0.25) is 0 Å². The van der Waals surface area contributed by atoms with Crippen molar-refractivity contribution in [1.29, 1.82) is 0 Å². The van der Waals surface area contributed by atoms with Gasteiger partial charge in [0.25, 0.3) is 0 Å². The van der Waals surface area contributed by atoms with E-state index in [1.807, 2.05) is 0 Å². The molecule has 0 N–H and O–H groups in total. The second-order valence-corrected chi connectivity index (χ2v) is 6.65. The summed E-state index contributed by atoms with van der Waals surface area (Å²) in [6.07, 6.45) is 1.43. The number of hydrogen-bond donors (Lipinski definition) is 0. The van der Waals surface area contributed by atoms with Crippen LogP contribution in [0.5, 0.6) is 5.75 Å². The van der Waals surface area contributed by atoms with Crippen LogP contribution in [-0.4, -0.2) is 28.6 Å². The fraction of sp³-hybridized carbons (Fsp3) is 0.0714. The number of benzene rings is 2. The minimum absolute atomic E-state index is 0.0754. The Morgan fingerprint density at radius 2 is 1.87 bits per heavy atom. The van der Waals surface area contributed by atoms with Gasteiger partial charge in [0.05, 0.1) is 5.69 Å². The molecular formula is C14H11ClN4O3S. The van der Waals surface area contributed by atoms with Crippen LogP contribution in [0, 0.1) is 6.92 Å². The van der Waals surface area contributed by atoms with E-state index < -0.39 is 10.1 Å². The van der Waals surface area contributed by atoms with Gasteiger partial charge in [-0.2, -0.15) is 8.42 Å². The molecule has 1 aromatic heterocycles.